The lowest BCUT2D eigenvalue weighted by Crippen LogP contribution is -2.48. The Morgan fingerprint density at radius 2 is 1.80 bits per heavy atom. The predicted molar refractivity (Wildman–Crippen MR) is 95.2 cm³/mol. The summed E-state index contributed by atoms with van der Waals surface area (Å²) in [5.41, 5.74) is 1.61. The predicted octanol–water partition coefficient (Wildman–Crippen LogP) is 3.31. The first-order valence-corrected chi connectivity index (χ1v) is 8.33. The van der Waals surface area contributed by atoms with Crippen molar-refractivity contribution in [1.82, 2.24) is 4.90 Å². The first kappa shape index (κ1) is 17.3. The summed E-state index contributed by atoms with van der Waals surface area (Å²) in [6.07, 6.45) is -0.152. The Morgan fingerprint density at radius 1 is 1.08 bits per heavy atom. The zero-order chi connectivity index (χ0) is 17.8. The molecule has 0 radical (unpaired) electrons. The zero-order valence-corrected chi connectivity index (χ0v) is 14.8. The number of methoxy groups -OCH3 is 2. The number of amides is 1. The van der Waals surface area contributed by atoms with E-state index >= 15 is 0 Å². The van der Waals surface area contributed by atoms with Crippen LogP contribution < -0.4 is 9.47 Å². The molecule has 0 N–H and O–H groups in total. The van der Waals surface area contributed by atoms with E-state index in [2.05, 4.69) is 0 Å². The van der Waals surface area contributed by atoms with E-state index in [4.69, 9.17) is 14.2 Å². The number of benzene rings is 2. The summed E-state index contributed by atoms with van der Waals surface area (Å²) < 4.78 is 16.5. The molecule has 3 rings (SSSR count). The maximum absolute atomic E-state index is 13.0. The highest BCUT2D eigenvalue weighted by Gasteiger charge is 2.32. The molecule has 2 unspecified atom stereocenters. The molecule has 2 aromatic rings. The van der Waals surface area contributed by atoms with Crippen LogP contribution in [0.2, 0.25) is 0 Å². The molecule has 0 aromatic heterocycles. The Labute approximate surface area is 148 Å². The van der Waals surface area contributed by atoms with Gasteiger partial charge in [-0.15, -0.1) is 0 Å². The van der Waals surface area contributed by atoms with Gasteiger partial charge in [0.2, 0.25) is 0 Å². The normalized spacial score (nSPS) is 20.2. The minimum atomic E-state index is -0.152. The number of morpholine rings is 1. The molecule has 0 bridgehead atoms. The Hall–Kier alpha value is -2.53. The van der Waals surface area contributed by atoms with E-state index in [1.54, 1.807) is 26.4 Å². The molecular formula is C20H23NO4. The second-order valence-electron chi connectivity index (χ2n) is 6.10. The average Bonchev–Trinajstić information content (AvgIpc) is 2.68. The standard InChI is InChI=1S/C20H23NO4/c1-14-13-25-19(15-8-10-16(23-2)11-9-15)12-21(14)20(22)17-6-4-5-7-18(17)24-3/h4-11,14,19H,12-13H2,1-3H3. The van der Waals surface area contributed by atoms with Crippen molar-refractivity contribution in [3.05, 3.63) is 59.7 Å². The lowest BCUT2D eigenvalue weighted by Gasteiger charge is -2.38. The third kappa shape index (κ3) is 3.61. The first-order chi connectivity index (χ1) is 12.1. The van der Waals surface area contributed by atoms with E-state index in [0.29, 0.717) is 24.5 Å². The molecule has 1 aliphatic rings. The van der Waals surface area contributed by atoms with Gasteiger partial charge in [0.15, 0.2) is 0 Å². The summed E-state index contributed by atoms with van der Waals surface area (Å²) in [6, 6.07) is 15.1. The summed E-state index contributed by atoms with van der Waals surface area (Å²) in [5.74, 6) is 1.36. The largest absolute Gasteiger partial charge is 0.497 e. The third-order valence-electron chi connectivity index (χ3n) is 4.52. The highest BCUT2D eigenvalue weighted by atomic mass is 16.5. The smallest absolute Gasteiger partial charge is 0.258 e. The van der Waals surface area contributed by atoms with Crippen molar-refractivity contribution in [1.29, 1.82) is 0 Å². The Morgan fingerprint density at radius 3 is 2.48 bits per heavy atom. The van der Waals surface area contributed by atoms with Crippen LogP contribution in [0.25, 0.3) is 0 Å². The number of nitrogens with zero attached hydrogens (tertiary/aromatic N) is 1. The minimum absolute atomic E-state index is 0.00640. The van der Waals surface area contributed by atoms with Crippen LogP contribution >= 0.6 is 0 Å². The molecule has 2 aromatic carbocycles. The van der Waals surface area contributed by atoms with E-state index in [9.17, 15) is 4.79 Å². The van der Waals surface area contributed by atoms with E-state index in [0.717, 1.165) is 11.3 Å². The molecular weight excluding hydrogens is 318 g/mol. The maximum atomic E-state index is 13.0. The van der Waals surface area contributed by atoms with Crippen LogP contribution in [0.3, 0.4) is 0 Å². The molecule has 2 atom stereocenters. The van der Waals surface area contributed by atoms with Crippen LogP contribution in [0.1, 0.15) is 28.9 Å². The number of hydrogen-bond donors (Lipinski definition) is 0. The van der Waals surface area contributed by atoms with E-state index in [-0.39, 0.29) is 18.1 Å². The van der Waals surface area contributed by atoms with Crippen LogP contribution in [0, 0.1) is 0 Å². The Balaban J connectivity index is 1.81. The zero-order valence-electron chi connectivity index (χ0n) is 14.8. The molecule has 0 spiro atoms. The van der Waals surface area contributed by atoms with Crippen LogP contribution in [-0.4, -0.2) is 44.2 Å². The lowest BCUT2D eigenvalue weighted by molar-refractivity contribution is -0.0487. The van der Waals surface area contributed by atoms with E-state index in [1.165, 1.54) is 0 Å². The molecule has 0 aliphatic carbocycles. The summed E-state index contributed by atoms with van der Waals surface area (Å²) >= 11 is 0. The molecule has 25 heavy (non-hydrogen) atoms. The van der Waals surface area contributed by atoms with Gasteiger partial charge < -0.3 is 19.1 Å². The quantitative estimate of drug-likeness (QED) is 0.856. The topological polar surface area (TPSA) is 48.0 Å². The van der Waals surface area contributed by atoms with Crippen molar-refractivity contribution in [2.24, 2.45) is 0 Å². The van der Waals surface area contributed by atoms with Gasteiger partial charge in [-0.25, -0.2) is 0 Å². The van der Waals surface area contributed by atoms with E-state index in [1.807, 2.05) is 48.2 Å². The van der Waals surface area contributed by atoms with Crippen molar-refractivity contribution in [2.75, 3.05) is 27.4 Å². The fourth-order valence-electron chi connectivity index (χ4n) is 3.04. The molecule has 1 fully saturated rings. The third-order valence-corrected chi connectivity index (χ3v) is 4.52. The van der Waals surface area contributed by atoms with Gasteiger partial charge in [0.1, 0.15) is 17.6 Å². The SMILES string of the molecule is COc1ccc(C2CN(C(=O)c3ccccc3OC)C(C)CO2)cc1. The Kier molecular flexibility index (Phi) is 5.24. The van der Waals surface area contributed by atoms with Crippen LogP contribution in [0.15, 0.2) is 48.5 Å². The second kappa shape index (κ2) is 7.57. The molecule has 1 aliphatic heterocycles. The highest BCUT2D eigenvalue weighted by Crippen LogP contribution is 2.29. The number of rotatable bonds is 4. The van der Waals surface area contributed by atoms with Gasteiger partial charge in [-0.1, -0.05) is 24.3 Å². The van der Waals surface area contributed by atoms with Gasteiger partial charge in [0.25, 0.3) is 5.91 Å². The molecule has 132 valence electrons. The number of para-hydroxylation sites is 1. The highest BCUT2D eigenvalue weighted by molar-refractivity contribution is 5.97. The van der Waals surface area contributed by atoms with Gasteiger partial charge in [0, 0.05) is 0 Å². The summed E-state index contributed by atoms with van der Waals surface area (Å²) in [6.45, 7) is 3.00. The van der Waals surface area contributed by atoms with Gasteiger partial charge in [-0.3, -0.25) is 4.79 Å². The molecule has 5 nitrogen and oxygen atoms in total. The maximum Gasteiger partial charge on any atom is 0.258 e. The first-order valence-electron chi connectivity index (χ1n) is 8.33. The summed E-state index contributed by atoms with van der Waals surface area (Å²) in [7, 11) is 3.22. The number of carbonyl (C=O) groups excluding carboxylic acids is 1. The molecule has 1 heterocycles. The van der Waals surface area contributed by atoms with Crippen molar-refractivity contribution < 1.29 is 19.0 Å². The van der Waals surface area contributed by atoms with Gasteiger partial charge in [-0.05, 0) is 36.8 Å². The average molecular weight is 341 g/mol. The Bertz CT molecular complexity index is 729. The van der Waals surface area contributed by atoms with Gasteiger partial charge in [-0.2, -0.15) is 0 Å². The number of ether oxygens (including phenoxy) is 3. The monoisotopic (exact) mass is 341 g/mol. The number of hydrogen-bond acceptors (Lipinski definition) is 4. The number of carbonyl (C=O) groups is 1. The molecule has 0 saturated carbocycles. The van der Waals surface area contributed by atoms with Crippen molar-refractivity contribution >= 4 is 5.91 Å². The van der Waals surface area contributed by atoms with E-state index < -0.39 is 0 Å². The lowest BCUT2D eigenvalue weighted by atomic mass is 10.0. The van der Waals surface area contributed by atoms with Crippen LogP contribution in [0.5, 0.6) is 11.5 Å². The molecule has 5 heteroatoms. The molecule has 1 amide bonds. The summed E-state index contributed by atoms with van der Waals surface area (Å²) in [4.78, 5) is 14.9. The fraction of sp³-hybridized carbons (Fsp3) is 0.350. The van der Waals surface area contributed by atoms with Crippen LogP contribution in [-0.2, 0) is 4.74 Å². The van der Waals surface area contributed by atoms with Crippen molar-refractivity contribution in [3.8, 4) is 11.5 Å². The second-order valence-corrected chi connectivity index (χ2v) is 6.10. The fourth-order valence-corrected chi connectivity index (χ4v) is 3.04. The molecule has 1 saturated heterocycles. The van der Waals surface area contributed by atoms with Crippen LogP contribution in [0.4, 0.5) is 0 Å². The van der Waals surface area contributed by atoms with Gasteiger partial charge >= 0.3 is 0 Å². The minimum Gasteiger partial charge on any atom is -0.497 e. The van der Waals surface area contributed by atoms with Crippen molar-refractivity contribution in [2.45, 2.75) is 19.1 Å². The van der Waals surface area contributed by atoms with Crippen molar-refractivity contribution in [3.63, 3.8) is 0 Å². The van der Waals surface area contributed by atoms with Gasteiger partial charge in [0.05, 0.1) is 39.0 Å². The summed E-state index contributed by atoms with van der Waals surface area (Å²) in [5, 5.41) is 0.